The van der Waals surface area contributed by atoms with Crippen LogP contribution in [-0.4, -0.2) is 5.71 Å². The maximum Gasteiger partial charge on any atom is 0.0617 e. The number of hydrogen-bond donors (Lipinski definition) is 1. The summed E-state index contributed by atoms with van der Waals surface area (Å²) in [6.07, 6.45) is 0. The van der Waals surface area contributed by atoms with Crippen molar-refractivity contribution in [3.8, 4) is 0 Å². The molecule has 1 heterocycles. The smallest absolute Gasteiger partial charge is 0.0617 e. The highest BCUT2D eigenvalue weighted by molar-refractivity contribution is 8.00. The number of nitrogens with zero attached hydrogens (tertiary/aromatic N) is 1. The zero-order valence-corrected chi connectivity index (χ0v) is 5.75. The van der Waals surface area contributed by atoms with Crippen LogP contribution in [0.15, 0.2) is 16.1 Å². The lowest BCUT2D eigenvalue weighted by molar-refractivity contribution is 1.10. The Kier molecular flexibility index (Phi) is 1.58. The average Bonchev–Trinajstić information content (AvgIpc) is 1.77. The van der Waals surface area contributed by atoms with Gasteiger partial charge in [-0.05, 0) is 36.8 Å². The van der Waals surface area contributed by atoms with Crippen LogP contribution in [0, 0.1) is 0 Å². The molecular weight excluding hydrogens is 120 g/mol. The second-order valence-electron chi connectivity index (χ2n) is 1.71. The first-order valence-electron chi connectivity index (χ1n) is 2.43. The third-order valence-electron chi connectivity index (χ3n) is 1.07. The van der Waals surface area contributed by atoms with E-state index in [4.69, 9.17) is 0 Å². The molecular formula is C5H8N2S. The number of hydrazone groups is 1. The molecule has 0 saturated carbocycles. The molecule has 0 aromatic carbocycles. The summed E-state index contributed by atoms with van der Waals surface area (Å²) < 4.78 is 0. The van der Waals surface area contributed by atoms with Crippen LogP contribution in [-0.2, 0) is 0 Å². The third-order valence-corrected chi connectivity index (χ3v) is 1.74. The van der Waals surface area contributed by atoms with Crippen molar-refractivity contribution in [3.63, 3.8) is 0 Å². The lowest BCUT2D eigenvalue weighted by Crippen LogP contribution is -2.04. The Morgan fingerprint density at radius 3 is 2.75 bits per heavy atom. The molecule has 8 heavy (non-hydrogen) atoms. The molecule has 3 heteroatoms. The van der Waals surface area contributed by atoms with Crippen molar-refractivity contribution in [1.29, 1.82) is 0 Å². The van der Waals surface area contributed by atoms with Crippen LogP contribution >= 0.6 is 11.9 Å². The summed E-state index contributed by atoms with van der Waals surface area (Å²) in [6.45, 7) is 4.03. The van der Waals surface area contributed by atoms with Gasteiger partial charge in [-0.2, -0.15) is 5.10 Å². The van der Waals surface area contributed by atoms with E-state index in [0.29, 0.717) is 0 Å². The minimum absolute atomic E-state index is 1.07. The quantitative estimate of drug-likeness (QED) is 0.500. The monoisotopic (exact) mass is 128 g/mol. The summed E-state index contributed by atoms with van der Waals surface area (Å²) in [4.78, 5) is 2.79. The minimum Gasteiger partial charge on any atom is -0.247 e. The van der Waals surface area contributed by atoms with Gasteiger partial charge in [-0.25, -0.2) is 4.83 Å². The summed E-state index contributed by atoms with van der Waals surface area (Å²) >= 11 is 1.51. The van der Waals surface area contributed by atoms with Crippen molar-refractivity contribution in [1.82, 2.24) is 4.83 Å². The summed E-state index contributed by atoms with van der Waals surface area (Å²) in [6, 6.07) is 0. The molecule has 0 fully saturated rings. The van der Waals surface area contributed by atoms with E-state index < -0.39 is 0 Å². The van der Waals surface area contributed by atoms with Crippen molar-refractivity contribution >= 4 is 17.7 Å². The molecule has 1 aliphatic heterocycles. The van der Waals surface area contributed by atoms with Crippen molar-refractivity contribution in [2.24, 2.45) is 5.10 Å². The summed E-state index contributed by atoms with van der Waals surface area (Å²) in [5, 5.41) is 6.02. The van der Waals surface area contributed by atoms with Gasteiger partial charge < -0.3 is 0 Å². The van der Waals surface area contributed by atoms with Gasteiger partial charge >= 0.3 is 0 Å². The van der Waals surface area contributed by atoms with E-state index in [1.165, 1.54) is 17.5 Å². The molecule has 0 amide bonds. The Morgan fingerprint density at radius 1 is 1.62 bits per heavy atom. The second kappa shape index (κ2) is 2.22. The largest absolute Gasteiger partial charge is 0.247 e. The Bertz CT molecular complexity index is 131. The molecule has 0 atom stereocenters. The first kappa shape index (κ1) is 5.69. The lowest BCUT2D eigenvalue weighted by atomic mass is 10.2. The van der Waals surface area contributed by atoms with Gasteiger partial charge in [0.25, 0.3) is 0 Å². The number of allylic oxidation sites excluding steroid dienone is 1. The zero-order chi connectivity index (χ0) is 5.98. The Hall–Kier alpha value is -0.440. The lowest BCUT2D eigenvalue weighted by Gasteiger charge is -2.05. The van der Waals surface area contributed by atoms with Gasteiger partial charge in [0.2, 0.25) is 0 Å². The molecule has 0 aromatic heterocycles. The van der Waals surface area contributed by atoms with Gasteiger partial charge in [0, 0.05) is 0 Å². The molecule has 0 bridgehead atoms. The van der Waals surface area contributed by atoms with E-state index in [2.05, 4.69) is 9.93 Å². The fraction of sp³-hybridized carbons (Fsp3) is 0.400. The predicted molar refractivity (Wildman–Crippen MR) is 37.6 cm³/mol. The third kappa shape index (κ3) is 1.04. The molecule has 0 spiro atoms. The maximum absolute atomic E-state index is 3.97. The van der Waals surface area contributed by atoms with Crippen molar-refractivity contribution in [3.05, 3.63) is 11.0 Å². The SMILES string of the molecule is CC1=CSNN=C1C. The molecule has 1 N–H and O–H groups in total. The van der Waals surface area contributed by atoms with Gasteiger partial charge in [-0.3, -0.25) is 0 Å². The normalized spacial score (nSPS) is 18.8. The van der Waals surface area contributed by atoms with Crippen LogP contribution in [0.4, 0.5) is 0 Å². The topological polar surface area (TPSA) is 24.4 Å². The van der Waals surface area contributed by atoms with Crippen LogP contribution < -0.4 is 4.83 Å². The maximum atomic E-state index is 3.97. The van der Waals surface area contributed by atoms with E-state index in [9.17, 15) is 0 Å². The first-order valence-corrected chi connectivity index (χ1v) is 3.31. The Balaban J connectivity index is 2.73. The van der Waals surface area contributed by atoms with Crippen LogP contribution in [0.3, 0.4) is 0 Å². The second-order valence-corrected chi connectivity index (χ2v) is 2.36. The predicted octanol–water partition coefficient (Wildman–Crippen LogP) is 1.52. The molecule has 2 nitrogen and oxygen atoms in total. The fourth-order valence-electron chi connectivity index (χ4n) is 0.383. The Morgan fingerprint density at radius 2 is 2.38 bits per heavy atom. The zero-order valence-electron chi connectivity index (χ0n) is 4.93. The number of rotatable bonds is 0. The van der Waals surface area contributed by atoms with E-state index in [1.807, 2.05) is 19.3 Å². The van der Waals surface area contributed by atoms with Gasteiger partial charge in [0.15, 0.2) is 0 Å². The first-order chi connectivity index (χ1) is 3.80. The van der Waals surface area contributed by atoms with E-state index in [1.54, 1.807) is 0 Å². The minimum atomic E-state index is 1.07. The van der Waals surface area contributed by atoms with E-state index in [-0.39, 0.29) is 0 Å². The van der Waals surface area contributed by atoms with Crippen LogP contribution in [0.5, 0.6) is 0 Å². The van der Waals surface area contributed by atoms with Crippen molar-refractivity contribution in [2.45, 2.75) is 13.8 Å². The van der Waals surface area contributed by atoms with Crippen LogP contribution in [0.2, 0.25) is 0 Å². The highest BCUT2D eigenvalue weighted by atomic mass is 32.2. The molecule has 0 aromatic rings. The fourth-order valence-corrected chi connectivity index (χ4v) is 0.973. The molecule has 44 valence electrons. The van der Waals surface area contributed by atoms with Crippen LogP contribution in [0.25, 0.3) is 0 Å². The number of hydrogen-bond acceptors (Lipinski definition) is 3. The van der Waals surface area contributed by atoms with Crippen LogP contribution in [0.1, 0.15) is 13.8 Å². The summed E-state index contributed by atoms with van der Waals surface area (Å²) in [5.74, 6) is 0. The van der Waals surface area contributed by atoms with Crippen molar-refractivity contribution < 1.29 is 0 Å². The molecule has 0 aliphatic carbocycles. The van der Waals surface area contributed by atoms with E-state index in [0.717, 1.165) is 5.71 Å². The molecule has 1 rings (SSSR count). The van der Waals surface area contributed by atoms with Gasteiger partial charge in [0.05, 0.1) is 5.71 Å². The van der Waals surface area contributed by atoms with E-state index >= 15 is 0 Å². The Labute approximate surface area is 53.2 Å². The number of nitrogens with one attached hydrogen (secondary N) is 1. The molecule has 1 aliphatic rings. The molecule has 0 radical (unpaired) electrons. The molecule has 0 saturated heterocycles. The van der Waals surface area contributed by atoms with Gasteiger partial charge in [-0.1, -0.05) is 0 Å². The highest BCUT2D eigenvalue weighted by Crippen LogP contribution is 2.09. The summed E-state index contributed by atoms with van der Waals surface area (Å²) in [7, 11) is 0. The van der Waals surface area contributed by atoms with Gasteiger partial charge in [0.1, 0.15) is 0 Å². The average molecular weight is 128 g/mol. The van der Waals surface area contributed by atoms with Gasteiger partial charge in [-0.15, -0.1) is 0 Å². The standard InChI is InChI=1S/C5H8N2S/c1-4-3-8-7-6-5(4)2/h3,7H,1-2H3. The summed E-state index contributed by atoms with van der Waals surface area (Å²) in [5.41, 5.74) is 2.32. The highest BCUT2D eigenvalue weighted by Gasteiger charge is 1.97. The molecule has 0 unspecified atom stereocenters. The van der Waals surface area contributed by atoms with Crippen molar-refractivity contribution in [2.75, 3.05) is 0 Å².